The molecule has 3 aromatic rings. The number of anilines is 1. The fourth-order valence-corrected chi connectivity index (χ4v) is 1.88. The number of hydrogen-bond acceptors (Lipinski definition) is 5. The van der Waals surface area contributed by atoms with Gasteiger partial charge in [-0.1, -0.05) is 12.1 Å². The molecule has 3 rings (SSSR count). The molecule has 0 amide bonds. The molecule has 21 heavy (non-hydrogen) atoms. The van der Waals surface area contributed by atoms with Crippen molar-refractivity contribution in [2.45, 2.75) is 0 Å². The molecular formula is C14H9FN6. The second kappa shape index (κ2) is 5.38. The monoisotopic (exact) mass is 280 g/mol. The summed E-state index contributed by atoms with van der Waals surface area (Å²) < 4.78 is 13.1. The largest absolute Gasteiger partial charge is 0.360 e. The first-order valence-corrected chi connectivity index (χ1v) is 6.06. The van der Waals surface area contributed by atoms with Crippen molar-refractivity contribution in [3.63, 3.8) is 0 Å². The lowest BCUT2D eigenvalue weighted by Gasteiger charge is -2.04. The predicted octanol–water partition coefficient (Wildman–Crippen LogP) is 2.47. The van der Waals surface area contributed by atoms with E-state index in [1.54, 1.807) is 18.2 Å². The van der Waals surface area contributed by atoms with Gasteiger partial charge in [0.05, 0.1) is 0 Å². The van der Waals surface area contributed by atoms with Gasteiger partial charge < -0.3 is 5.32 Å². The highest BCUT2D eigenvalue weighted by Crippen LogP contribution is 2.20. The molecule has 2 N–H and O–H groups in total. The van der Waals surface area contributed by atoms with Crippen LogP contribution in [0, 0.1) is 17.1 Å². The molecule has 0 aliphatic carbocycles. The van der Waals surface area contributed by atoms with Gasteiger partial charge in [0, 0.05) is 11.9 Å². The Bertz CT molecular complexity index is 848. The predicted molar refractivity (Wildman–Crippen MR) is 75.3 cm³/mol. The second-order valence-corrected chi connectivity index (χ2v) is 4.26. The topological polar surface area (TPSA) is 90.3 Å². The summed E-state index contributed by atoms with van der Waals surface area (Å²) in [6.45, 7) is 0. The Morgan fingerprint density at radius 2 is 2.05 bits per heavy atom. The molecule has 0 aliphatic heterocycles. The van der Waals surface area contributed by atoms with Crippen molar-refractivity contribution in [3.05, 3.63) is 54.2 Å². The quantitative estimate of drug-likeness (QED) is 0.719. The van der Waals surface area contributed by atoms with E-state index in [0.29, 0.717) is 0 Å². The summed E-state index contributed by atoms with van der Waals surface area (Å²) in [7, 11) is 0. The van der Waals surface area contributed by atoms with E-state index in [1.165, 1.54) is 18.3 Å². The lowest BCUT2D eigenvalue weighted by molar-refractivity contribution is 0.630. The van der Waals surface area contributed by atoms with Gasteiger partial charge in [-0.2, -0.15) is 10.5 Å². The van der Waals surface area contributed by atoms with Gasteiger partial charge in [0.1, 0.15) is 17.5 Å². The number of aromatic amines is 1. The number of rotatable bonds is 3. The summed E-state index contributed by atoms with van der Waals surface area (Å²) in [4.78, 5) is 0. The molecule has 0 radical (unpaired) electrons. The molecule has 0 saturated heterocycles. The molecular weight excluding hydrogens is 271 g/mol. The Morgan fingerprint density at radius 3 is 2.81 bits per heavy atom. The van der Waals surface area contributed by atoms with Gasteiger partial charge in [0.15, 0.2) is 0 Å². The van der Waals surface area contributed by atoms with Gasteiger partial charge in [0.25, 0.3) is 0 Å². The van der Waals surface area contributed by atoms with Crippen molar-refractivity contribution >= 4 is 22.0 Å². The van der Waals surface area contributed by atoms with Crippen LogP contribution in [0.4, 0.5) is 10.1 Å². The summed E-state index contributed by atoms with van der Waals surface area (Å²) in [6.07, 6.45) is 1.50. The van der Waals surface area contributed by atoms with Crippen LogP contribution in [0.1, 0.15) is 5.82 Å². The zero-order valence-electron chi connectivity index (χ0n) is 10.7. The van der Waals surface area contributed by atoms with Gasteiger partial charge in [0.2, 0.25) is 5.82 Å². The molecule has 2 aromatic carbocycles. The van der Waals surface area contributed by atoms with Crippen LogP contribution in [0.15, 0.2) is 42.6 Å². The molecule has 0 bridgehead atoms. The number of tetrazole rings is 1. The number of halogens is 1. The van der Waals surface area contributed by atoms with E-state index in [2.05, 4.69) is 25.9 Å². The lowest BCUT2D eigenvalue weighted by atomic mass is 10.1. The number of benzene rings is 2. The van der Waals surface area contributed by atoms with Gasteiger partial charge in [-0.05, 0) is 40.3 Å². The highest BCUT2D eigenvalue weighted by molar-refractivity contribution is 5.86. The van der Waals surface area contributed by atoms with Crippen LogP contribution in [0.25, 0.3) is 16.3 Å². The van der Waals surface area contributed by atoms with Crippen LogP contribution in [0.5, 0.6) is 0 Å². The summed E-state index contributed by atoms with van der Waals surface area (Å²) in [5, 5.41) is 26.9. The third kappa shape index (κ3) is 2.69. The average Bonchev–Trinajstić information content (AvgIpc) is 3.02. The summed E-state index contributed by atoms with van der Waals surface area (Å²) in [5.74, 6) is -0.0557. The number of H-pyrrole nitrogens is 1. The van der Waals surface area contributed by atoms with E-state index in [0.717, 1.165) is 16.5 Å². The van der Waals surface area contributed by atoms with Crippen LogP contribution in [-0.4, -0.2) is 20.6 Å². The highest BCUT2D eigenvalue weighted by atomic mass is 19.1. The van der Waals surface area contributed by atoms with Crippen LogP contribution < -0.4 is 5.32 Å². The minimum absolute atomic E-state index is 0.216. The third-order valence-electron chi connectivity index (χ3n) is 2.89. The Labute approximate surface area is 118 Å². The minimum atomic E-state index is -0.271. The highest BCUT2D eigenvalue weighted by Gasteiger charge is 2.05. The number of fused-ring (bicyclic) bond motifs is 1. The summed E-state index contributed by atoms with van der Waals surface area (Å²) >= 11 is 0. The third-order valence-corrected chi connectivity index (χ3v) is 2.89. The van der Waals surface area contributed by atoms with Crippen LogP contribution in [0.2, 0.25) is 0 Å². The van der Waals surface area contributed by atoms with Crippen molar-refractivity contribution in [1.29, 1.82) is 5.26 Å². The molecule has 1 heterocycles. The van der Waals surface area contributed by atoms with Crippen molar-refractivity contribution in [3.8, 4) is 6.07 Å². The normalized spacial score (nSPS) is 11.3. The van der Waals surface area contributed by atoms with E-state index in [4.69, 9.17) is 5.26 Å². The van der Waals surface area contributed by atoms with Gasteiger partial charge in [-0.25, -0.2) is 4.39 Å². The Hall–Kier alpha value is -3.27. The fourth-order valence-electron chi connectivity index (χ4n) is 1.88. The van der Waals surface area contributed by atoms with Crippen LogP contribution in [0.3, 0.4) is 0 Å². The van der Waals surface area contributed by atoms with Gasteiger partial charge in [-0.3, -0.25) is 0 Å². The molecule has 0 atom stereocenters. The SMILES string of the molecule is N#CC(=CNc1ccc2cc(F)ccc2c1)c1nn[nH]n1. The second-order valence-electron chi connectivity index (χ2n) is 4.26. The number of nitriles is 1. The fraction of sp³-hybridized carbons (Fsp3) is 0. The molecule has 0 spiro atoms. The molecule has 0 saturated carbocycles. The Kier molecular flexibility index (Phi) is 3.27. The summed E-state index contributed by atoms with van der Waals surface area (Å²) in [6, 6.07) is 12.0. The minimum Gasteiger partial charge on any atom is -0.360 e. The van der Waals surface area contributed by atoms with Gasteiger partial charge in [-0.15, -0.1) is 10.2 Å². The van der Waals surface area contributed by atoms with Crippen LogP contribution in [-0.2, 0) is 0 Å². The van der Waals surface area contributed by atoms with E-state index in [9.17, 15) is 4.39 Å². The molecule has 102 valence electrons. The van der Waals surface area contributed by atoms with E-state index >= 15 is 0 Å². The standard InChI is InChI=1S/C14H9FN6/c15-12-3-1-10-6-13(4-2-9(10)5-12)17-8-11(7-16)14-18-20-21-19-14/h1-6,8,17H,(H,18,19,20,21). The van der Waals surface area contributed by atoms with Gasteiger partial charge >= 0.3 is 0 Å². The molecule has 7 heteroatoms. The van der Waals surface area contributed by atoms with Crippen molar-refractivity contribution in [2.75, 3.05) is 5.32 Å². The Balaban J connectivity index is 1.88. The maximum atomic E-state index is 13.1. The first kappa shape index (κ1) is 12.7. The smallest absolute Gasteiger partial charge is 0.216 e. The zero-order valence-corrected chi connectivity index (χ0v) is 10.7. The maximum absolute atomic E-state index is 13.1. The molecule has 0 aliphatic rings. The maximum Gasteiger partial charge on any atom is 0.216 e. The zero-order chi connectivity index (χ0) is 14.7. The number of hydrogen-bond donors (Lipinski definition) is 2. The van der Waals surface area contributed by atoms with E-state index in [-0.39, 0.29) is 17.2 Å². The molecule has 1 aromatic heterocycles. The van der Waals surface area contributed by atoms with E-state index < -0.39 is 0 Å². The lowest BCUT2D eigenvalue weighted by Crippen LogP contribution is -1.93. The molecule has 0 unspecified atom stereocenters. The summed E-state index contributed by atoms with van der Waals surface area (Å²) in [5.41, 5.74) is 1.02. The number of allylic oxidation sites excluding steroid dienone is 1. The van der Waals surface area contributed by atoms with Crippen LogP contribution >= 0.6 is 0 Å². The first-order chi connectivity index (χ1) is 10.3. The molecule has 0 fully saturated rings. The van der Waals surface area contributed by atoms with Crippen molar-refractivity contribution in [1.82, 2.24) is 20.6 Å². The van der Waals surface area contributed by atoms with Crippen molar-refractivity contribution in [2.24, 2.45) is 0 Å². The first-order valence-electron chi connectivity index (χ1n) is 6.06. The Morgan fingerprint density at radius 1 is 1.24 bits per heavy atom. The number of nitrogens with zero attached hydrogens (tertiary/aromatic N) is 4. The average molecular weight is 280 g/mol. The molecule has 6 nitrogen and oxygen atoms in total. The van der Waals surface area contributed by atoms with Crippen molar-refractivity contribution < 1.29 is 4.39 Å². The van der Waals surface area contributed by atoms with E-state index in [1.807, 2.05) is 12.1 Å². The number of aromatic nitrogens is 4. The number of nitrogens with one attached hydrogen (secondary N) is 2.